The molecule has 206 valence electrons. The van der Waals surface area contributed by atoms with E-state index in [2.05, 4.69) is 10.6 Å². The molecule has 2 N–H and O–H groups in total. The summed E-state index contributed by atoms with van der Waals surface area (Å²) in [5.41, 5.74) is -1.04. The van der Waals surface area contributed by atoms with Crippen LogP contribution in [0.5, 0.6) is 0 Å². The van der Waals surface area contributed by atoms with E-state index in [1.54, 1.807) is 6.07 Å². The highest BCUT2D eigenvalue weighted by Gasteiger charge is 2.40. The van der Waals surface area contributed by atoms with E-state index in [4.69, 9.17) is 16.3 Å². The summed E-state index contributed by atoms with van der Waals surface area (Å²) in [7, 11) is 0. The molecule has 12 heteroatoms. The normalized spacial score (nSPS) is 13.5. The average Bonchev–Trinajstić information content (AvgIpc) is 3.14. The van der Waals surface area contributed by atoms with Crippen molar-refractivity contribution in [2.45, 2.75) is 19.5 Å². The third kappa shape index (κ3) is 5.99. The predicted octanol–water partition coefficient (Wildman–Crippen LogP) is 5.96. The lowest BCUT2D eigenvalue weighted by Gasteiger charge is -2.18. The number of anilines is 3. The van der Waals surface area contributed by atoms with Gasteiger partial charge in [0.05, 0.1) is 23.4 Å². The fourth-order valence-electron chi connectivity index (χ4n) is 3.80. The quantitative estimate of drug-likeness (QED) is 0.255. The van der Waals surface area contributed by atoms with Crippen molar-refractivity contribution in [1.82, 2.24) is 0 Å². The molecule has 0 radical (unpaired) electrons. The van der Waals surface area contributed by atoms with Gasteiger partial charge < -0.3 is 15.4 Å². The number of halogens is 4. The van der Waals surface area contributed by atoms with Gasteiger partial charge in [0, 0.05) is 16.9 Å². The third-order valence-corrected chi connectivity index (χ3v) is 6.02. The van der Waals surface area contributed by atoms with Gasteiger partial charge in [-0.05, 0) is 55.0 Å². The number of rotatable bonds is 8. The Morgan fingerprint density at radius 1 is 0.925 bits per heavy atom. The van der Waals surface area contributed by atoms with Crippen LogP contribution < -0.4 is 15.5 Å². The van der Waals surface area contributed by atoms with E-state index in [9.17, 15) is 32.3 Å². The third-order valence-electron chi connectivity index (χ3n) is 5.67. The van der Waals surface area contributed by atoms with E-state index in [1.807, 2.05) is 6.92 Å². The minimum Gasteiger partial charge on any atom is -0.462 e. The van der Waals surface area contributed by atoms with Crippen LogP contribution in [0.2, 0.25) is 0 Å². The molecule has 1 heterocycles. The largest absolute Gasteiger partial charge is 0.462 e. The fourth-order valence-corrected chi connectivity index (χ4v) is 4.02. The summed E-state index contributed by atoms with van der Waals surface area (Å²) in [6.45, 7) is 1.97. The molecule has 0 atom stereocenters. The van der Waals surface area contributed by atoms with Crippen LogP contribution in [0.1, 0.15) is 39.6 Å². The molecular formula is C28H21ClF3N3O5. The van der Waals surface area contributed by atoms with Gasteiger partial charge in [-0.25, -0.2) is 9.69 Å². The van der Waals surface area contributed by atoms with Crippen LogP contribution in [0, 0.1) is 0 Å². The number of esters is 1. The highest BCUT2D eigenvalue weighted by atomic mass is 35.5. The first-order valence-corrected chi connectivity index (χ1v) is 12.3. The van der Waals surface area contributed by atoms with E-state index in [0.717, 1.165) is 17.0 Å². The zero-order chi connectivity index (χ0) is 29.0. The molecule has 0 aliphatic carbocycles. The first kappa shape index (κ1) is 28.4. The molecule has 4 rings (SSSR count). The van der Waals surface area contributed by atoms with Crippen molar-refractivity contribution in [3.63, 3.8) is 0 Å². The van der Waals surface area contributed by atoms with E-state index in [0.29, 0.717) is 6.42 Å². The van der Waals surface area contributed by atoms with Crippen LogP contribution in [0.3, 0.4) is 0 Å². The Balaban J connectivity index is 1.54. The van der Waals surface area contributed by atoms with Crippen molar-refractivity contribution >= 4 is 52.4 Å². The summed E-state index contributed by atoms with van der Waals surface area (Å²) < 4.78 is 44.2. The number of carbonyl (C=O) groups excluding carboxylic acids is 4. The summed E-state index contributed by atoms with van der Waals surface area (Å²) in [6, 6.07) is 15.8. The number of para-hydroxylation sites is 1. The maximum absolute atomic E-state index is 13.3. The molecule has 8 nitrogen and oxygen atoms in total. The van der Waals surface area contributed by atoms with Crippen molar-refractivity contribution in [3.05, 3.63) is 100 Å². The topological polar surface area (TPSA) is 105 Å². The van der Waals surface area contributed by atoms with Gasteiger partial charge >= 0.3 is 12.1 Å². The summed E-state index contributed by atoms with van der Waals surface area (Å²) in [5.74, 6) is -3.14. The number of hydrogen-bond acceptors (Lipinski definition) is 6. The zero-order valence-electron chi connectivity index (χ0n) is 20.8. The minimum absolute atomic E-state index is 0.00312. The summed E-state index contributed by atoms with van der Waals surface area (Å²) in [5, 5.41) is 4.69. The number of imide groups is 1. The van der Waals surface area contributed by atoms with Crippen molar-refractivity contribution in [1.29, 1.82) is 0 Å². The van der Waals surface area contributed by atoms with Crippen LogP contribution in [-0.4, -0.2) is 30.3 Å². The monoisotopic (exact) mass is 571 g/mol. The van der Waals surface area contributed by atoms with E-state index >= 15 is 0 Å². The van der Waals surface area contributed by atoms with E-state index in [-0.39, 0.29) is 40.5 Å². The number of ether oxygens (including phenoxy) is 1. The second-order valence-electron chi connectivity index (χ2n) is 8.53. The lowest BCUT2D eigenvalue weighted by Crippen LogP contribution is -2.33. The summed E-state index contributed by atoms with van der Waals surface area (Å²) >= 11 is 6.21. The van der Waals surface area contributed by atoms with Crippen LogP contribution in [0.15, 0.2) is 83.5 Å². The van der Waals surface area contributed by atoms with E-state index < -0.39 is 40.5 Å². The molecule has 40 heavy (non-hydrogen) atoms. The Bertz CT molecular complexity index is 1540. The maximum atomic E-state index is 13.3. The molecule has 1 aliphatic heterocycles. The molecule has 3 aromatic rings. The number of carbonyl (C=O) groups is 4. The van der Waals surface area contributed by atoms with Gasteiger partial charge in [0.15, 0.2) is 0 Å². The number of benzene rings is 3. The second kappa shape index (κ2) is 11.6. The predicted molar refractivity (Wildman–Crippen MR) is 142 cm³/mol. The lowest BCUT2D eigenvalue weighted by atomic mass is 10.1. The van der Waals surface area contributed by atoms with Crippen molar-refractivity contribution < 1.29 is 37.1 Å². The highest BCUT2D eigenvalue weighted by Crippen LogP contribution is 2.33. The number of nitrogens with one attached hydrogen (secondary N) is 2. The molecule has 0 saturated heterocycles. The van der Waals surface area contributed by atoms with E-state index in [1.165, 1.54) is 54.6 Å². The van der Waals surface area contributed by atoms with Gasteiger partial charge in [-0.1, -0.05) is 42.8 Å². The molecule has 1 aliphatic rings. The Labute approximate surface area is 231 Å². The second-order valence-corrected chi connectivity index (χ2v) is 8.90. The molecule has 3 aromatic carbocycles. The summed E-state index contributed by atoms with van der Waals surface area (Å²) in [6.07, 6.45) is -4.00. The minimum atomic E-state index is -4.58. The molecular weight excluding hydrogens is 551 g/mol. The van der Waals surface area contributed by atoms with Crippen molar-refractivity contribution in [2.24, 2.45) is 0 Å². The van der Waals surface area contributed by atoms with Gasteiger partial charge in [0.25, 0.3) is 17.7 Å². The lowest BCUT2D eigenvalue weighted by molar-refractivity contribution is -0.137. The molecule has 0 aromatic heterocycles. The fraction of sp³-hybridized carbons (Fsp3) is 0.143. The molecule has 0 spiro atoms. The SMILES string of the molecule is CCCOC(=O)c1ccccc1N1C(=O)C(Cl)=C(Nc2cccc(C(=O)Nc3cccc(C(F)(F)F)c3)c2)C1=O. The smallest absolute Gasteiger partial charge is 0.416 e. The van der Waals surface area contributed by atoms with Gasteiger partial charge in [-0.3, -0.25) is 14.4 Å². The van der Waals surface area contributed by atoms with Crippen LogP contribution in [0.25, 0.3) is 0 Å². The first-order chi connectivity index (χ1) is 19.0. The molecule has 3 amide bonds. The molecule has 0 bridgehead atoms. The molecule has 0 saturated carbocycles. The number of alkyl halides is 3. The number of nitrogens with zero attached hydrogens (tertiary/aromatic N) is 1. The standard InChI is InChI=1S/C28H21ClF3N3O5/c1-2-13-40-27(39)20-11-3-4-12-21(20)35-25(37)22(29)23(26(35)38)33-18-9-5-7-16(14-18)24(36)34-19-10-6-8-17(15-19)28(30,31)32/h3-12,14-15,33H,2,13H2,1H3,(H,34,36). The van der Waals surface area contributed by atoms with Crippen molar-refractivity contribution in [3.8, 4) is 0 Å². The van der Waals surface area contributed by atoms with Crippen LogP contribution in [0.4, 0.5) is 30.2 Å². The first-order valence-electron chi connectivity index (χ1n) is 11.9. The van der Waals surface area contributed by atoms with Gasteiger partial charge in [-0.15, -0.1) is 0 Å². The Morgan fingerprint density at radius 2 is 1.62 bits per heavy atom. The number of hydrogen-bond donors (Lipinski definition) is 2. The molecule has 0 fully saturated rings. The summed E-state index contributed by atoms with van der Waals surface area (Å²) in [4.78, 5) is 52.2. The zero-order valence-corrected chi connectivity index (χ0v) is 21.6. The Hall–Kier alpha value is -4.64. The average molecular weight is 572 g/mol. The highest BCUT2D eigenvalue weighted by molar-refractivity contribution is 6.53. The van der Waals surface area contributed by atoms with Gasteiger partial charge in [0.2, 0.25) is 0 Å². The Kier molecular flexibility index (Phi) is 8.24. The van der Waals surface area contributed by atoms with Gasteiger partial charge in [0.1, 0.15) is 10.7 Å². The number of amides is 3. The molecule has 0 unspecified atom stereocenters. The maximum Gasteiger partial charge on any atom is 0.416 e. The van der Waals surface area contributed by atoms with Crippen LogP contribution in [-0.2, 0) is 20.5 Å². The van der Waals surface area contributed by atoms with Gasteiger partial charge in [-0.2, -0.15) is 13.2 Å². The van der Waals surface area contributed by atoms with Crippen LogP contribution >= 0.6 is 11.6 Å². The van der Waals surface area contributed by atoms with Crippen molar-refractivity contribution in [2.75, 3.05) is 22.1 Å². The Morgan fingerprint density at radius 3 is 2.35 bits per heavy atom.